The maximum absolute atomic E-state index is 11.8. The first-order chi connectivity index (χ1) is 10.6. The highest BCUT2D eigenvalue weighted by atomic mass is 32.2. The van der Waals surface area contributed by atoms with Crippen molar-refractivity contribution in [2.75, 3.05) is 25.9 Å². The molecule has 0 atom stereocenters. The second-order valence-electron chi connectivity index (χ2n) is 4.87. The monoisotopic (exact) mass is 337 g/mol. The summed E-state index contributed by atoms with van der Waals surface area (Å²) in [6, 6.07) is 3.74. The summed E-state index contributed by atoms with van der Waals surface area (Å²) in [6.07, 6.45) is 0. The quantitative estimate of drug-likeness (QED) is 0.611. The summed E-state index contributed by atoms with van der Waals surface area (Å²) in [7, 11) is 3.54. The van der Waals surface area contributed by atoms with Gasteiger partial charge in [0.2, 0.25) is 5.91 Å². The fraction of sp³-hybridized carbons (Fsp3) is 0.385. The van der Waals surface area contributed by atoms with Gasteiger partial charge in [0.25, 0.3) is 0 Å². The zero-order valence-corrected chi connectivity index (χ0v) is 13.9. The summed E-state index contributed by atoms with van der Waals surface area (Å²) in [4.78, 5) is 27.2. The van der Waals surface area contributed by atoms with Gasteiger partial charge < -0.3 is 9.47 Å². The molecule has 0 N–H and O–H groups in total. The molecule has 9 heteroatoms. The Labute approximate surface area is 135 Å². The van der Waals surface area contributed by atoms with Crippen molar-refractivity contribution in [2.24, 2.45) is 7.05 Å². The van der Waals surface area contributed by atoms with Crippen molar-refractivity contribution < 1.29 is 9.59 Å². The van der Waals surface area contributed by atoms with Crippen molar-refractivity contribution in [3.8, 4) is 10.7 Å². The fourth-order valence-electron chi connectivity index (χ4n) is 2.18. The molecule has 3 rings (SSSR count). The zero-order chi connectivity index (χ0) is 15.7. The Morgan fingerprint density at radius 1 is 1.32 bits per heavy atom. The van der Waals surface area contributed by atoms with Gasteiger partial charge in [-0.25, -0.2) is 4.79 Å². The van der Waals surface area contributed by atoms with E-state index >= 15 is 0 Å². The molecule has 1 fully saturated rings. The molecule has 116 valence electrons. The fourth-order valence-corrected chi connectivity index (χ4v) is 3.76. The molecule has 0 aromatic carbocycles. The Hall–Kier alpha value is -1.87. The molecule has 0 radical (unpaired) electrons. The number of carbonyl (C=O) groups excluding carboxylic acids is 2. The number of aromatic nitrogens is 3. The van der Waals surface area contributed by atoms with Crippen LogP contribution in [0.4, 0.5) is 4.79 Å². The van der Waals surface area contributed by atoms with E-state index in [9.17, 15) is 9.59 Å². The van der Waals surface area contributed by atoms with Crippen molar-refractivity contribution in [1.82, 2.24) is 24.6 Å². The molecule has 2 aromatic heterocycles. The number of hydrogen-bond donors (Lipinski definition) is 0. The molecule has 22 heavy (non-hydrogen) atoms. The van der Waals surface area contributed by atoms with Crippen LogP contribution in [-0.4, -0.2) is 62.4 Å². The third-order valence-corrected chi connectivity index (χ3v) is 5.22. The summed E-state index contributed by atoms with van der Waals surface area (Å²) in [5, 5.41) is 11.1. The van der Waals surface area contributed by atoms with E-state index in [0.29, 0.717) is 12.3 Å². The maximum Gasteiger partial charge on any atom is 0.326 e. The van der Waals surface area contributed by atoms with Crippen LogP contribution < -0.4 is 0 Å². The minimum absolute atomic E-state index is 0.148. The lowest BCUT2D eigenvalue weighted by Gasteiger charge is -2.13. The first kappa shape index (κ1) is 15.0. The van der Waals surface area contributed by atoms with Crippen LogP contribution >= 0.6 is 23.1 Å². The lowest BCUT2D eigenvalue weighted by molar-refractivity contribution is -0.125. The van der Waals surface area contributed by atoms with E-state index in [0.717, 1.165) is 15.9 Å². The Kier molecular flexibility index (Phi) is 4.16. The van der Waals surface area contributed by atoms with E-state index < -0.39 is 0 Å². The molecule has 1 aliphatic rings. The number of imide groups is 1. The Morgan fingerprint density at radius 2 is 2.14 bits per heavy atom. The van der Waals surface area contributed by atoms with Crippen molar-refractivity contribution in [3.63, 3.8) is 0 Å². The molecule has 0 aliphatic carbocycles. The van der Waals surface area contributed by atoms with E-state index in [1.807, 2.05) is 29.1 Å². The van der Waals surface area contributed by atoms with Crippen LogP contribution in [-0.2, 0) is 11.8 Å². The molecule has 1 saturated heterocycles. The normalized spacial score (nSPS) is 15.2. The molecule has 0 unspecified atom stereocenters. The number of urea groups is 1. The number of hydrogen-bond acceptors (Lipinski definition) is 6. The van der Waals surface area contributed by atoms with Crippen molar-refractivity contribution in [1.29, 1.82) is 0 Å². The van der Waals surface area contributed by atoms with Gasteiger partial charge in [0, 0.05) is 26.4 Å². The molecular weight excluding hydrogens is 322 g/mol. The lowest BCUT2D eigenvalue weighted by atomic mass is 10.4. The number of carbonyl (C=O) groups is 2. The van der Waals surface area contributed by atoms with Crippen LogP contribution in [0.15, 0.2) is 22.7 Å². The van der Waals surface area contributed by atoms with Crippen molar-refractivity contribution in [2.45, 2.75) is 5.16 Å². The standard InChI is InChI=1S/C13H15N5O2S2/c1-16-8-10(19)18(13(16)20)5-7-22-12-15-14-11(17(12)2)9-4-3-6-21-9/h3-4,6H,5,7-8H2,1-2H3. The van der Waals surface area contributed by atoms with Gasteiger partial charge in [-0.05, 0) is 11.4 Å². The number of rotatable bonds is 5. The maximum atomic E-state index is 11.8. The Morgan fingerprint density at radius 3 is 2.77 bits per heavy atom. The number of nitrogens with zero attached hydrogens (tertiary/aromatic N) is 5. The first-order valence-corrected chi connectivity index (χ1v) is 8.56. The van der Waals surface area contributed by atoms with Crippen molar-refractivity contribution in [3.05, 3.63) is 17.5 Å². The summed E-state index contributed by atoms with van der Waals surface area (Å²) < 4.78 is 1.93. The largest absolute Gasteiger partial charge is 0.326 e. The molecule has 2 aromatic rings. The molecule has 0 saturated carbocycles. The van der Waals surface area contributed by atoms with E-state index in [1.54, 1.807) is 18.4 Å². The Balaban J connectivity index is 1.61. The summed E-state index contributed by atoms with van der Waals surface area (Å²) >= 11 is 3.10. The van der Waals surface area contributed by atoms with Gasteiger partial charge in [0.15, 0.2) is 11.0 Å². The topological polar surface area (TPSA) is 71.3 Å². The van der Waals surface area contributed by atoms with E-state index in [1.165, 1.54) is 21.6 Å². The summed E-state index contributed by atoms with van der Waals surface area (Å²) in [6.45, 7) is 0.545. The predicted molar refractivity (Wildman–Crippen MR) is 84.8 cm³/mol. The van der Waals surface area contributed by atoms with Crippen LogP contribution in [0.3, 0.4) is 0 Å². The average Bonchev–Trinajstić information content (AvgIpc) is 3.17. The molecular formula is C13H15N5O2S2. The predicted octanol–water partition coefficient (Wildman–Crippen LogP) is 1.53. The van der Waals surface area contributed by atoms with Gasteiger partial charge in [0.1, 0.15) is 6.54 Å². The second-order valence-corrected chi connectivity index (χ2v) is 6.88. The van der Waals surface area contributed by atoms with Gasteiger partial charge in [-0.1, -0.05) is 17.8 Å². The zero-order valence-electron chi connectivity index (χ0n) is 12.2. The van der Waals surface area contributed by atoms with E-state index in [4.69, 9.17) is 0 Å². The van der Waals surface area contributed by atoms with E-state index in [-0.39, 0.29) is 18.5 Å². The van der Waals surface area contributed by atoms with Crippen LogP contribution in [0.5, 0.6) is 0 Å². The minimum atomic E-state index is -0.233. The number of amides is 3. The van der Waals surface area contributed by atoms with Crippen LogP contribution in [0.2, 0.25) is 0 Å². The Bertz CT molecular complexity index is 697. The molecule has 7 nitrogen and oxygen atoms in total. The third-order valence-electron chi connectivity index (χ3n) is 3.35. The molecule has 0 spiro atoms. The lowest BCUT2D eigenvalue weighted by Crippen LogP contribution is -2.33. The highest BCUT2D eigenvalue weighted by molar-refractivity contribution is 7.99. The number of thiophene rings is 1. The van der Waals surface area contributed by atoms with Crippen LogP contribution in [0.1, 0.15) is 0 Å². The van der Waals surface area contributed by atoms with Crippen molar-refractivity contribution >= 4 is 35.0 Å². The number of likely N-dealkylation sites (N-methyl/N-ethyl adjacent to an activating group) is 1. The van der Waals surface area contributed by atoms with E-state index in [2.05, 4.69) is 10.2 Å². The van der Waals surface area contributed by atoms with Gasteiger partial charge in [0.05, 0.1) is 4.88 Å². The smallest absolute Gasteiger partial charge is 0.318 e. The first-order valence-electron chi connectivity index (χ1n) is 6.69. The van der Waals surface area contributed by atoms with Crippen LogP contribution in [0.25, 0.3) is 10.7 Å². The van der Waals surface area contributed by atoms with Crippen LogP contribution in [0, 0.1) is 0 Å². The highest BCUT2D eigenvalue weighted by Gasteiger charge is 2.32. The van der Waals surface area contributed by atoms with Gasteiger partial charge in [-0.2, -0.15) is 0 Å². The second kappa shape index (κ2) is 6.09. The number of thioether (sulfide) groups is 1. The summed E-state index contributed by atoms with van der Waals surface area (Å²) in [5.41, 5.74) is 0. The molecule has 1 aliphatic heterocycles. The highest BCUT2D eigenvalue weighted by Crippen LogP contribution is 2.26. The van der Waals surface area contributed by atoms with Gasteiger partial charge in [-0.3, -0.25) is 9.69 Å². The third kappa shape index (κ3) is 2.73. The minimum Gasteiger partial charge on any atom is -0.318 e. The average molecular weight is 337 g/mol. The SMILES string of the molecule is CN1CC(=O)N(CCSc2nnc(-c3cccs3)n2C)C1=O. The van der Waals surface area contributed by atoms with Gasteiger partial charge >= 0.3 is 6.03 Å². The molecule has 0 bridgehead atoms. The molecule has 3 amide bonds. The summed E-state index contributed by atoms with van der Waals surface area (Å²) in [5.74, 6) is 1.28. The van der Waals surface area contributed by atoms with Gasteiger partial charge in [-0.15, -0.1) is 21.5 Å². The molecule has 3 heterocycles.